The Morgan fingerprint density at radius 2 is 1.78 bits per heavy atom. The molecule has 1 aromatic carbocycles. The summed E-state index contributed by atoms with van der Waals surface area (Å²) < 4.78 is 6.11. The van der Waals surface area contributed by atoms with Crippen LogP contribution in [0.5, 0.6) is 0 Å². The van der Waals surface area contributed by atoms with E-state index in [0.717, 1.165) is 42.3 Å². The van der Waals surface area contributed by atoms with Crippen LogP contribution < -0.4 is 10.6 Å². The van der Waals surface area contributed by atoms with Crippen molar-refractivity contribution in [1.82, 2.24) is 10.3 Å². The van der Waals surface area contributed by atoms with Gasteiger partial charge in [0.25, 0.3) is 0 Å². The van der Waals surface area contributed by atoms with Gasteiger partial charge < -0.3 is 15.4 Å². The predicted molar refractivity (Wildman–Crippen MR) is 127 cm³/mol. The van der Waals surface area contributed by atoms with Crippen molar-refractivity contribution in [3.63, 3.8) is 0 Å². The molecule has 32 heavy (non-hydrogen) atoms. The number of rotatable bonds is 4. The number of hydrogen-bond acceptors (Lipinski definition) is 6. The molecule has 7 heteroatoms. The molecule has 2 atom stereocenters. The van der Waals surface area contributed by atoms with Crippen LogP contribution >= 0.6 is 11.6 Å². The number of pyridine rings is 1. The maximum atomic E-state index is 6.17. The number of nitrogens with zero attached hydrogens (tertiary/aromatic N) is 1. The Balaban J connectivity index is 1.22. The van der Waals surface area contributed by atoms with Crippen LogP contribution in [-0.2, 0) is 14.5 Å². The molecule has 0 radical (unpaired) electrons. The molecule has 2 saturated carbocycles. The third-order valence-electron chi connectivity index (χ3n) is 7.11. The molecule has 6 nitrogen and oxygen atoms in total. The highest BCUT2D eigenvalue weighted by molar-refractivity contribution is 6.31. The summed E-state index contributed by atoms with van der Waals surface area (Å²) in [6.07, 6.45) is 10.5. The number of halogens is 1. The van der Waals surface area contributed by atoms with E-state index in [9.17, 15) is 0 Å². The molecule has 1 aliphatic heterocycles. The van der Waals surface area contributed by atoms with Gasteiger partial charge in [-0.05, 0) is 63.8 Å². The van der Waals surface area contributed by atoms with Crippen molar-refractivity contribution in [2.75, 3.05) is 11.9 Å². The van der Waals surface area contributed by atoms with Crippen LogP contribution in [0.3, 0.4) is 0 Å². The maximum Gasteiger partial charge on any atom is 0.201 e. The van der Waals surface area contributed by atoms with Crippen molar-refractivity contribution in [2.45, 2.75) is 94.7 Å². The number of hydrogen-bond donors (Lipinski definition) is 2. The monoisotopic (exact) mass is 459 g/mol. The van der Waals surface area contributed by atoms with Crippen molar-refractivity contribution in [2.24, 2.45) is 0 Å². The first-order valence-electron chi connectivity index (χ1n) is 12.0. The van der Waals surface area contributed by atoms with Gasteiger partial charge in [0.15, 0.2) is 0 Å². The first-order valence-corrected chi connectivity index (χ1v) is 12.4. The topological polar surface area (TPSA) is 64.6 Å². The molecule has 2 heterocycles. The summed E-state index contributed by atoms with van der Waals surface area (Å²) in [6, 6.07) is 9.32. The van der Waals surface area contributed by atoms with Crippen LogP contribution in [0, 0.1) is 0 Å². The van der Waals surface area contributed by atoms with E-state index in [0.29, 0.717) is 29.8 Å². The minimum atomic E-state index is -0.560. The molecule has 2 aliphatic carbocycles. The van der Waals surface area contributed by atoms with Gasteiger partial charge in [-0.1, -0.05) is 24.4 Å². The molecule has 0 amide bonds. The Kier molecular flexibility index (Phi) is 6.34. The molecule has 2 aromatic rings. The van der Waals surface area contributed by atoms with E-state index >= 15 is 0 Å². The van der Waals surface area contributed by atoms with E-state index in [-0.39, 0.29) is 5.60 Å². The average Bonchev–Trinajstić information content (AvgIpc) is 2.79. The Labute approximate surface area is 195 Å². The van der Waals surface area contributed by atoms with E-state index in [1.54, 1.807) is 0 Å². The SMILES string of the molecule is CC1(C)COC2(CCC(N[C@@H]3CCCC[C@@H]3Nc3ccnc4cc(Cl)ccc34)CC2)OO1. The second-order valence-electron chi connectivity index (χ2n) is 10.2. The molecule has 1 spiro atoms. The highest BCUT2D eigenvalue weighted by Gasteiger charge is 2.45. The summed E-state index contributed by atoms with van der Waals surface area (Å²) in [4.78, 5) is 15.8. The lowest BCUT2D eigenvalue weighted by Crippen LogP contribution is -2.55. The Bertz CT molecular complexity index is 933. The fourth-order valence-corrected chi connectivity index (χ4v) is 5.41. The van der Waals surface area contributed by atoms with E-state index in [2.05, 4.69) is 27.8 Å². The number of nitrogens with one attached hydrogen (secondary N) is 2. The Morgan fingerprint density at radius 1 is 1.00 bits per heavy atom. The molecule has 2 N–H and O–H groups in total. The molecular weight excluding hydrogens is 426 g/mol. The summed E-state index contributed by atoms with van der Waals surface area (Å²) in [5.41, 5.74) is 1.69. The minimum absolute atomic E-state index is 0.371. The highest BCUT2D eigenvalue weighted by Crippen LogP contribution is 2.39. The number of fused-ring (bicyclic) bond motifs is 1. The van der Waals surface area contributed by atoms with Crippen molar-refractivity contribution in [3.05, 3.63) is 35.5 Å². The maximum absolute atomic E-state index is 6.17. The van der Waals surface area contributed by atoms with Crippen LogP contribution in [0.15, 0.2) is 30.5 Å². The number of aromatic nitrogens is 1. The van der Waals surface area contributed by atoms with Gasteiger partial charge in [0.05, 0.1) is 12.1 Å². The molecular formula is C25H34ClN3O3. The van der Waals surface area contributed by atoms with Gasteiger partial charge in [-0.2, -0.15) is 0 Å². The van der Waals surface area contributed by atoms with Crippen molar-refractivity contribution in [3.8, 4) is 0 Å². The third kappa shape index (κ3) is 4.90. The van der Waals surface area contributed by atoms with Crippen LogP contribution in [0.4, 0.5) is 5.69 Å². The lowest BCUT2D eigenvalue weighted by atomic mass is 9.85. The van der Waals surface area contributed by atoms with E-state index in [4.69, 9.17) is 26.1 Å². The zero-order valence-corrected chi connectivity index (χ0v) is 19.8. The first kappa shape index (κ1) is 22.4. The van der Waals surface area contributed by atoms with Gasteiger partial charge in [0.2, 0.25) is 5.79 Å². The largest absolute Gasteiger partial charge is 0.380 e. The number of benzene rings is 1. The second-order valence-corrected chi connectivity index (χ2v) is 10.7. The average molecular weight is 460 g/mol. The zero-order valence-electron chi connectivity index (χ0n) is 19.0. The summed E-state index contributed by atoms with van der Waals surface area (Å²) in [5, 5.41) is 9.64. The molecule has 5 rings (SSSR count). The summed E-state index contributed by atoms with van der Waals surface area (Å²) in [6.45, 7) is 4.55. The van der Waals surface area contributed by atoms with Crippen molar-refractivity contribution < 1.29 is 14.5 Å². The number of ether oxygens (including phenoxy) is 1. The van der Waals surface area contributed by atoms with Gasteiger partial charge >= 0.3 is 0 Å². The van der Waals surface area contributed by atoms with Gasteiger partial charge in [0.1, 0.15) is 5.60 Å². The van der Waals surface area contributed by atoms with Gasteiger partial charge in [-0.15, -0.1) is 0 Å². The van der Waals surface area contributed by atoms with E-state index in [1.807, 2.05) is 32.2 Å². The first-order chi connectivity index (χ1) is 15.4. The summed E-state index contributed by atoms with van der Waals surface area (Å²) >= 11 is 6.17. The normalized spacial score (nSPS) is 32.8. The number of anilines is 1. The smallest absolute Gasteiger partial charge is 0.201 e. The lowest BCUT2D eigenvalue weighted by molar-refractivity contribution is -0.511. The van der Waals surface area contributed by atoms with Crippen LogP contribution in [-0.4, -0.2) is 41.1 Å². The Hall–Kier alpha value is -1.44. The van der Waals surface area contributed by atoms with Crippen molar-refractivity contribution >= 4 is 28.2 Å². The summed E-state index contributed by atoms with van der Waals surface area (Å²) in [7, 11) is 0. The van der Waals surface area contributed by atoms with Gasteiger partial charge in [-0.25, -0.2) is 9.78 Å². The molecule has 0 bridgehead atoms. The summed E-state index contributed by atoms with van der Waals surface area (Å²) in [5.74, 6) is -0.560. The van der Waals surface area contributed by atoms with Gasteiger partial charge in [-0.3, -0.25) is 4.98 Å². The van der Waals surface area contributed by atoms with Crippen molar-refractivity contribution in [1.29, 1.82) is 0 Å². The molecule has 0 unspecified atom stereocenters. The molecule has 3 fully saturated rings. The van der Waals surface area contributed by atoms with Crippen LogP contribution in [0.2, 0.25) is 5.02 Å². The zero-order chi connectivity index (χ0) is 22.2. The Morgan fingerprint density at radius 3 is 2.53 bits per heavy atom. The van der Waals surface area contributed by atoms with Crippen LogP contribution in [0.25, 0.3) is 10.9 Å². The quantitative estimate of drug-likeness (QED) is 0.580. The second kappa shape index (κ2) is 9.07. The lowest BCUT2D eigenvalue weighted by Gasteiger charge is -2.46. The fourth-order valence-electron chi connectivity index (χ4n) is 5.25. The standard InChI is InChI=1S/C25H34ClN3O3/c1-24(2)16-30-25(32-31-24)12-9-18(10-13-25)28-21-5-3-4-6-22(21)29-20-11-14-27-23-15-17(26)7-8-19(20)23/h7-8,11,14-15,18,21-22,28H,3-6,9-10,12-13,16H2,1-2H3,(H,27,29)/t18?,21-,22+,25?/m1/s1. The molecule has 3 aliphatic rings. The third-order valence-corrected chi connectivity index (χ3v) is 7.35. The molecule has 1 aromatic heterocycles. The van der Waals surface area contributed by atoms with Crippen LogP contribution in [0.1, 0.15) is 65.2 Å². The van der Waals surface area contributed by atoms with E-state index in [1.165, 1.54) is 25.7 Å². The van der Waals surface area contributed by atoms with Gasteiger partial charge in [0, 0.05) is 53.3 Å². The fraction of sp³-hybridized carbons (Fsp3) is 0.640. The predicted octanol–water partition coefficient (Wildman–Crippen LogP) is 5.60. The molecule has 1 saturated heterocycles. The highest BCUT2D eigenvalue weighted by atomic mass is 35.5. The minimum Gasteiger partial charge on any atom is -0.380 e. The molecule has 174 valence electrons. The van der Waals surface area contributed by atoms with E-state index < -0.39 is 5.79 Å².